The van der Waals surface area contributed by atoms with Crippen LogP contribution in [0.3, 0.4) is 0 Å². The first-order valence-electron chi connectivity index (χ1n) is 11.3. The monoisotopic (exact) mass is 493 g/mol. The van der Waals surface area contributed by atoms with E-state index in [-0.39, 0.29) is 23.0 Å². The molecule has 0 saturated heterocycles. The maximum absolute atomic E-state index is 13.4. The number of anilines is 1. The van der Waals surface area contributed by atoms with Gasteiger partial charge in [-0.1, -0.05) is 36.4 Å². The quantitative estimate of drug-likeness (QED) is 0.364. The van der Waals surface area contributed by atoms with Crippen LogP contribution in [0.4, 0.5) is 14.9 Å². The number of carbonyl (C=O) groups is 1. The summed E-state index contributed by atoms with van der Waals surface area (Å²) in [6, 6.07) is 18.6. The number of para-hydroxylation sites is 1. The van der Waals surface area contributed by atoms with Crippen molar-refractivity contribution in [1.82, 2.24) is 9.88 Å². The number of urea groups is 1. The molecule has 1 heterocycles. The standard InChI is InChI=1S/C27H28FN3O3S/c1-18-8-13-23(16-19(18)2)30-27(32)29-14-15-35(33,34)26-20(3)31(25-7-5-4-6-24(25)26)17-21-9-11-22(28)12-10-21/h4-13,16H,14-15,17H2,1-3H3,(H2,29,30,32). The van der Waals surface area contributed by atoms with E-state index in [4.69, 9.17) is 0 Å². The van der Waals surface area contributed by atoms with E-state index in [0.29, 0.717) is 23.3 Å². The SMILES string of the molecule is Cc1ccc(NC(=O)NCCS(=O)(=O)c2c(C)n(Cc3ccc(F)cc3)c3ccccc23)cc1C. The summed E-state index contributed by atoms with van der Waals surface area (Å²) in [5.41, 5.74) is 5.08. The zero-order valence-electron chi connectivity index (χ0n) is 19.9. The van der Waals surface area contributed by atoms with Gasteiger partial charge in [0.05, 0.1) is 10.6 Å². The molecule has 2 amide bonds. The minimum Gasteiger partial charge on any atom is -0.339 e. The first-order chi connectivity index (χ1) is 16.7. The van der Waals surface area contributed by atoms with Crippen LogP contribution in [-0.2, 0) is 16.4 Å². The van der Waals surface area contributed by atoms with E-state index in [1.54, 1.807) is 37.3 Å². The fraction of sp³-hybridized carbons (Fsp3) is 0.222. The molecule has 0 spiro atoms. The fourth-order valence-electron chi connectivity index (χ4n) is 4.16. The second kappa shape index (κ2) is 9.92. The van der Waals surface area contributed by atoms with E-state index in [1.807, 2.05) is 42.7 Å². The third-order valence-electron chi connectivity index (χ3n) is 6.16. The smallest absolute Gasteiger partial charge is 0.319 e. The molecule has 4 rings (SSSR count). The molecule has 1 aromatic heterocycles. The van der Waals surface area contributed by atoms with Crippen LogP contribution in [0.15, 0.2) is 71.6 Å². The highest BCUT2D eigenvalue weighted by Crippen LogP contribution is 2.31. The zero-order valence-corrected chi connectivity index (χ0v) is 20.7. The summed E-state index contributed by atoms with van der Waals surface area (Å²) in [6.07, 6.45) is 0. The molecular formula is C27H28FN3O3S. The predicted octanol–water partition coefficient (Wildman–Crippen LogP) is 5.35. The van der Waals surface area contributed by atoms with Crippen molar-refractivity contribution in [3.8, 4) is 0 Å². The molecule has 0 radical (unpaired) electrons. The van der Waals surface area contributed by atoms with Crippen molar-refractivity contribution in [1.29, 1.82) is 0 Å². The molecule has 0 unspecified atom stereocenters. The number of rotatable bonds is 7. The lowest BCUT2D eigenvalue weighted by molar-refractivity contribution is 0.252. The van der Waals surface area contributed by atoms with Gasteiger partial charge in [0.15, 0.2) is 9.84 Å². The molecule has 0 aliphatic carbocycles. The molecular weight excluding hydrogens is 465 g/mol. The Morgan fingerprint density at radius 1 is 0.943 bits per heavy atom. The van der Waals surface area contributed by atoms with Gasteiger partial charge in [0.25, 0.3) is 0 Å². The molecule has 35 heavy (non-hydrogen) atoms. The average Bonchev–Trinajstić information content (AvgIpc) is 3.09. The first kappa shape index (κ1) is 24.5. The Labute approximate surface area is 204 Å². The van der Waals surface area contributed by atoms with Gasteiger partial charge in [-0.05, 0) is 67.8 Å². The topological polar surface area (TPSA) is 80.2 Å². The Balaban J connectivity index is 1.51. The number of nitrogens with zero attached hydrogens (tertiary/aromatic N) is 1. The molecule has 2 N–H and O–H groups in total. The average molecular weight is 494 g/mol. The van der Waals surface area contributed by atoms with E-state index in [1.165, 1.54) is 12.1 Å². The molecule has 0 bridgehead atoms. The van der Waals surface area contributed by atoms with Crippen LogP contribution in [-0.4, -0.2) is 31.3 Å². The zero-order chi connectivity index (χ0) is 25.2. The summed E-state index contributed by atoms with van der Waals surface area (Å²) >= 11 is 0. The number of sulfone groups is 1. The molecule has 6 nitrogen and oxygen atoms in total. The minimum atomic E-state index is -3.70. The molecule has 0 atom stereocenters. The first-order valence-corrected chi connectivity index (χ1v) is 13.0. The van der Waals surface area contributed by atoms with Gasteiger partial charge in [0.2, 0.25) is 0 Å². The number of halogens is 1. The Kier molecular flexibility index (Phi) is 6.93. The van der Waals surface area contributed by atoms with Crippen LogP contribution in [0.1, 0.15) is 22.4 Å². The molecule has 0 fully saturated rings. The van der Waals surface area contributed by atoms with E-state index < -0.39 is 15.9 Å². The second-order valence-corrected chi connectivity index (χ2v) is 10.7. The number of aromatic nitrogens is 1. The third-order valence-corrected chi connectivity index (χ3v) is 8.04. The van der Waals surface area contributed by atoms with E-state index in [9.17, 15) is 17.6 Å². The van der Waals surface area contributed by atoms with Crippen molar-refractivity contribution in [2.45, 2.75) is 32.2 Å². The summed E-state index contributed by atoms with van der Waals surface area (Å²) in [5, 5.41) is 6.01. The molecule has 0 saturated carbocycles. The maximum Gasteiger partial charge on any atom is 0.319 e. The van der Waals surface area contributed by atoms with Crippen LogP contribution in [0.2, 0.25) is 0 Å². The van der Waals surface area contributed by atoms with Gasteiger partial charge in [0, 0.05) is 35.4 Å². The lowest BCUT2D eigenvalue weighted by Crippen LogP contribution is -2.33. The van der Waals surface area contributed by atoms with Crippen LogP contribution in [0.25, 0.3) is 10.9 Å². The third kappa shape index (κ3) is 5.38. The van der Waals surface area contributed by atoms with Crippen LogP contribution in [0, 0.1) is 26.6 Å². The minimum absolute atomic E-state index is 0.0318. The normalized spacial score (nSPS) is 11.5. The van der Waals surface area contributed by atoms with E-state index >= 15 is 0 Å². The number of aryl methyl sites for hydroxylation is 2. The van der Waals surface area contributed by atoms with Crippen molar-refractivity contribution in [2.75, 3.05) is 17.6 Å². The fourth-order valence-corrected chi connectivity index (χ4v) is 5.81. The number of benzene rings is 3. The Bertz CT molecular complexity index is 1490. The molecule has 3 aromatic carbocycles. The Hall–Kier alpha value is -3.65. The lowest BCUT2D eigenvalue weighted by Gasteiger charge is -2.11. The molecule has 8 heteroatoms. The van der Waals surface area contributed by atoms with E-state index in [0.717, 1.165) is 22.2 Å². The van der Waals surface area contributed by atoms with Crippen LogP contribution in [0.5, 0.6) is 0 Å². The van der Waals surface area contributed by atoms with Crippen molar-refractivity contribution in [3.63, 3.8) is 0 Å². The second-order valence-electron chi connectivity index (χ2n) is 8.64. The highest BCUT2D eigenvalue weighted by Gasteiger charge is 2.25. The van der Waals surface area contributed by atoms with Gasteiger partial charge in [-0.2, -0.15) is 0 Å². The number of carbonyl (C=O) groups excluding carboxylic acids is 1. The summed E-state index contributed by atoms with van der Waals surface area (Å²) in [5.74, 6) is -0.557. The highest BCUT2D eigenvalue weighted by atomic mass is 32.2. The summed E-state index contributed by atoms with van der Waals surface area (Å²) in [6.45, 7) is 6.10. The molecule has 182 valence electrons. The van der Waals surface area contributed by atoms with Gasteiger partial charge in [0.1, 0.15) is 5.82 Å². The largest absolute Gasteiger partial charge is 0.339 e. The number of fused-ring (bicyclic) bond motifs is 1. The Morgan fingerprint density at radius 3 is 2.37 bits per heavy atom. The number of nitrogens with one attached hydrogen (secondary N) is 2. The molecule has 0 aliphatic heterocycles. The highest BCUT2D eigenvalue weighted by molar-refractivity contribution is 7.91. The summed E-state index contributed by atoms with van der Waals surface area (Å²) < 4.78 is 42.0. The number of amides is 2. The van der Waals surface area contributed by atoms with Gasteiger partial charge in [-0.25, -0.2) is 17.6 Å². The molecule has 4 aromatic rings. The summed E-state index contributed by atoms with van der Waals surface area (Å²) in [4.78, 5) is 12.5. The Morgan fingerprint density at radius 2 is 1.66 bits per heavy atom. The number of hydrogen-bond donors (Lipinski definition) is 2. The van der Waals surface area contributed by atoms with Gasteiger partial charge in [-0.15, -0.1) is 0 Å². The maximum atomic E-state index is 13.4. The summed E-state index contributed by atoms with van der Waals surface area (Å²) in [7, 11) is -3.70. The van der Waals surface area contributed by atoms with Crippen LogP contribution >= 0.6 is 0 Å². The van der Waals surface area contributed by atoms with Gasteiger partial charge >= 0.3 is 6.03 Å². The van der Waals surface area contributed by atoms with Gasteiger partial charge in [-0.3, -0.25) is 0 Å². The van der Waals surface area contributed by atoms with Crippen molar-refractivity contribution in [3.05, 3.63) is 94.9 Å². The van der Waals surface area contributed by atoms with Crippen molar-refractivity contribution < 1.29 is 17.6 Å². The lowest BCUT2D eigenvalue weighted by atomic mass is 10.1. The van der Waals surface area contributed by atoms with Crippen molar-refractivity contribution in [2.24, 2.45) is 0 Å². The van der Waals surface area contributed by atoms with E-state index in [2.05, 4.69) is 10.6 Å². The van der Waals surface area contributed by atoms with Gasteiger partial charge < -0.3 is 15.2 Å². The van der Waals surface area contributed by atoms with Crippen molar-refractivity contribution >= 4 is 32.5 Å². The predicted molar refractivity (Wildman–Crippen MR) is 137 cm³/mol. The van der Waals surface area contributed by atoms with Crippen LogP contribution < -0.4 is 10.6 Å². The number of hydrogen-bond acceptors (Lipinski definition) is 3. The molecule has 0 aliphatic rings.